The van der Waals surface area contributed by atoms with Crippen LogP contribution in [-0.2, 0) is 4.79 Å². The Morgan fingerprint density at radius 2 is 2.00 bits per heavy atom. The molecule has 0 saturated carbocycles. The molecule has 6 heteroatoms. The lowest BCUT2D eigenvalue weighted by Crippen LogP contribution is -2.49. The van der Waals surface area contributed by atoms with Crippen LogP contribution in [0.4, 0.5) is 8.78 Å². The molecule has 0 aliphatic carbocycles. The van der Waals surface area contributed by atoms with Crippen LogP contribution >= 0.6 is 0 Å². The van der Waals surface area contributed by atoms with Gasteiger partial charge in [-0.3, -0.25) is 4.79 Å². The summed E-state index contributed by atoms with van der Waals surface area (Å²) >= 11 is 0. The smallest absolute Gasteiger partial charge is 0.246 e. The van der Waals surface area contributed by atoms with Crippen LogP contribution in [0.3, 0.4) is 0 Å². The largest absolute Gasteiger partial charge is 0.312 e. The van der Waals surface area contributed by atoms with Crippen molar-refractivity contribution in [2.45, 2.75) is 44.7 Å². The van der Waals surface area contributed by atoms with Crippen molar-refractivity contribution in [1.82, 2.24) is 10.3 Å². The van der Waals surface area contributed by atoms with Crippen LogP contribution < -0.4 is 5.32 Å². The summed E-state index contributed by atoms with van der Waals surface area (Å²) < 4.78 is 26.9. The van der Waals surface area contributed by atoms with E-state index in [0.29, 0.717) is 12.0 Å². The van der Waals surface area contributed by atoms with Crippen molar-refractivity contribution >= 4 is 12.1 Å². The Morgan fingerprint density at radius 3 is 2.65 bits per heavy atom. The zero-order valence-electron chi connectivity index (χ0n) is 13.4. The predicted molar refractivity (Wildman–Crippen MR) is 83.9 cm³/mol. The molecular formula is C17H21F2N3O. The van der Waals surface area contributed by atoms with E-state index < -0.39 is 17.7 Å². The average Bonchev–Trinajstić information content (AvgIpc) is 2.93. The standard InChI is InChI=1S/C17H21F2N3O/c1-17(2)10-11(3-5-20-17)16(23)22-15(4-6-21-22)12-7-13(18)9-14(19)8-12/h6-9,11,15,20H,3-5,10H2,1-2H3/t11-,15-/m1/s1. The maximum Gasteiger partial charge on any atom is 0.246 e. The topological polar surface area (TPSA) is 44.7 Å². The summed E-state index contributed by atoms with van der Waals surface area (Å²) in [6, 6.07) is 2.95. The fraction of sp³-hybridized carbons (Fsp3) is 0.529. The third-order valence-electron chi connectivity index (χ3n) is 4.53. The number of halogens is 2. The molecule has 23 heavy (non-hydrogen) atoms. The van der Waals surface area contributed by atoms with E-state index in [9.17, 15) is 13.6 Å². The summed E-state index contributed by atoms with van der Waals surface area (Å²) in [7, 11) is 0. The van der Waals surface area contributed by atoms with Gasteiger partial charge in [0.2, 0.25) is 5.91 Å². The highest BCUT2D eigenvalue weighted by atomic mass is 19.1. The van der Waals surface area contributed by atoms with Gasteiger partial charge in [0, 0.05) is 30.2 Å². The molecule has 1 fully saturated rings. The molecule has 124 valence electrons. The second kappa shape index (κ2) is 6.00. The van der Waals surface area contributed by atoms with Gasteiger partial charge in [0.25, 0.3) is 0 Å². The first kappa shape index (κ1) is 16.1. The zero-order chi connectivity index (χ0) is 16.6. The highest BCUT2D eigenvalue weighted by molar-refractivity contribution is 5.82. The van der Waals surface area contributed by atoms with E-state index in [-0.39, 0.29) is 17.4 Å². The summed E-state index contributed by atoms with van der Waals surface area (Å²) in [5.74, 6) is -1.46. The third kappa shape index (κ3) is 3.42. The molecule has 1 aromatic rings. The number of nitrogens with zero attached hydrogens (tertiary/aromatic N) is 2. The van der Waals surface area contributed by atoms with Crippen molar-refractivity contribution in [3.05, 3.63) is 35.4 Å². The number of benzene rings is 1. The highest BCUT2D eigenvalue weighted by Gasteiger charge is 2.37. The second-order valence-corrected chi connectivity index (χ2v) is 6.94. The molecule has 0 unspecified atom stereocenters. The monoisotopic (exact) mass is 321 g/mol. The quantitative estimate of drug-likeness (QED) is 0.910. The van der Waals surface area contributed by atoms with Gasteiger partial charge in [0.05, 0.1) is 6.04 Å². The van der Waals surface area contributed by atoms with Crippen LogP contribution in [-0.4, -0.2) is 29.2 Å². The van der Waals surface area contributed by atoms with Gasteiger partial charge < -0.3 is 5.32 Å². The minimum atomic E-state index is -0.637. The summed E-state index contributed by atoms with van der Waals surface area (Å²) in [6.45, 7) is 4.92. The van der Waals surface area contributed by atoms with Gasteiger partial charge in [-0.05, 0) is 50.9 Å². The van der Waals surface area contributed by atoms with Crippen molar-refractivity contribution in [2.75, 3.05) is 6.54 Å². The number of piperidine rings is 1. The third-order valence-corrected chi connectivity index (χ3v) is 4.53. The van der Waals surface area contributed by atoms with Gasteiger partial charge in [-0.15, -0.1) is 0 Å². The van der Waals surface area contributed by atoms with Crippen molar-refractivity contribution in [2.24, 2.45) is 11.0 Å². The molecule has 2 heterocycles. The first-order valence-electron chi connectivity index (χ1n) is 7.92. The molecule has 2 atom stereocenters. The molecule has 1 amide bonds. The Morgan fingerprint density at radius 1 is 1.30 bits per heavy atom. The van der Waals surface area contributed by atoms with Gasteiger partial charge in [-0.2, -0.15) is 5.10 Å². The van der Waals surface area contributed by atoms with Crippen molar-refractivity contribution in [1.29, 1.82) is 0 Å². The number of nitrogens with one attached hydrogen (secondary N) is 1. The molecule has 2 aliphatic rings. The fourth-order valence-electron chi connectivity index (χ4n) is 3.44. The first-order chi connectivity index (χ1) is 10.9. The lowest BCUT2D eigenvalue weighted by atomic mass is 9.83. The summed E-state index contributed by atoms with van der Waals surface area (Å²) in [4.78, 5) is 12.8. The zero-order valence-corrected chi connectivity index (χ0v) is 13.4. The molecule has 1 saturated heterocycles. The molecule has 0 spiro atoms. The molecule has 3 rings (SSSR count). The van der Waals surface area contributed by atoms with E-state index in [1.54, 1.807) is 6.21 Å². The summed E-state index contributed by atoms with van der Waals surface area (Å²) in [5.41, 5.74) is 0.351. The Bertz CT molecular complexity index is 624. The second-order valence-electron chi connectivity index (χ2n) is 6.94. The molecule has 0 aromatic heterocycles. The van der Waals surface area contributed by atoms with Crippen LogP contribution in [0.2, 0.25) is 0 Å². The predicted octanol–water partition coefficient (Wildman–Crippen LogP) is 3.00. The number of amides is 1. The van der Waals surface area contributed by atoms with E-state index in [1.165, 1.54) is 17.1 Å². The number of hydrogen-bond acceptors (Lipinski definition) is 3. The Balaban J connectivity index is 1.80. The van der Waals surface area contributed by atoms with Gasteiger partial charge in [-0.25, -0.2) is 13.8 Å². The van der Waals surface area contributed by atoms with Crippen LogP contribution in [0.25, 0.3) is 0 Å². The molecular weight excluding hydrogens is 300 g/mol. The molecule has 0 bridgehead atoms. The molecule has 1 aromatic carbocycles. The fourth-order valence-corrected chi connectivity index (χ4v) is 3.44. The Kier molecular flexibility index (Phi) is 4.19. The van der Waals surface area contributed by atoms with E-state index in [4.69, 9.17) is 0 Å². The van der Waals surface area contributed by atoms with Gasteiger partial charge in [0.1, 0.15) is 11.6 Å². The Hall–Kier alpha value is -1.82. The number of carbonyl (C=O) groups is 1. The number of rotatable bonds is 2. The minimum Gasteiger partial charge on any atom is -0.312 e. The molecule has 2 aliphatic heterocycles. The average molecular weight is 321 g/mol. The normalized spacial score (nSPS) is 26.5. The van der Waals surface area contributed by atoms with Crippen LogP contribution in [0.1, 0.15) is 44.7 Å². The molecule has 1 N–H and O–H groups in total. The summed E-state index contributed by atoms with van der Waals surface area (Å²) in [5, 5.41) is 8.96. The van der Waals surface area contributed by atoms with Crippen molar-refractivity contribution < 1.29 is 13.6 Å². The maximum atomic E-state index is 13.5. The SMILES string of the molecule is CC1(C)C[C@H](C(=O)N2N=CC[C@@H]2c2cc(F)cc(F)c2)CCN1. The van der Waals surface area contributed by atoms with Gasteiger partial charge in [-0.1, -0.05) is 0 Å². The number of carbonyl (C=O) groups excluding carboxylic acids is 1. The van der Waals surface area contributed by atoms with Gasteiger partial charge >= 0.3 is 0 Å². The van der Waals surface area contributed by atoms with Crippen LogP contribution in [0.15, 0.2) is 23.3 Å². The maximum absolute atomic E-state index is 13.5. The molecule has 0 radical (unpaired) electrons. The number of hydrazone groups is 1. The van der Waals surface area contributed by atoms with E-state index in [2.05, 4.69) is 24.3 Å². The minimum absolute atomic E-state index is 0.0667. The van der Waals surface area contributed by atoms with E-state index >= 15 is 0 Å². The lowest BCUT2D eigenvalue weighted by molar-refractivity contribution is -0.139. The highest BCUT2D eigenvalue weighted by Crippen LogP contribution is 2.33. The van der Waals surface area contributed by atoms with Crippen molar-refractivity contribution in [3.63, 3.8) is 0 Å². The van der Waals surface area contributed by atoms with Crippen molar-refractivity contribution in [3.8, 4) is 0 Å². The van der Waals surface area contributed by atoms with Crippen LogP contribution in [0.5, 0.6) is 0 Å². The van der Waals surface area contributed by atoms with E-state index in [1.807, 2.05) is 0 Å². The Labute approximate surface area is 134 Å². The van der Waals surface area contributed by atoms with Gasteiger partial charge in [0.15, 0.2) is 0 Å². The summed E-state index contributed by atoms with van der Waals surface area (Å²) in [6.07, 6.45) is 3.58. The van der Waals surface area contributed by atoms with E-state index in [0.717, 1.165) is 25.5 Å². The molecule has 4 nitrogen and oxygen atoms in total. The van der Waals surface area contributed by atoms with Crippen LogP contribution in [0, 0.1) is 17.6 Å². The first-order valence-corrected chi connectivity index (χ1v) is 7.92. The number of hydrogen-bond donors (Lipinski definition) is 1. The lowest BCUT2D eigenvalue weighted by Gasteiger charge is -2.37.